The maximum atomic E-state index is 13.1. The van der Waals surface area contributed by atoms with Gasteiger partial charge in [0.1, 0.15) is 11.6 Å². The van der Waals surface area contributed by atoms with Crippen LogP contribution in [0.5, 0.6) is 0 Å². The summed E-state index contributed by atoms with van der Waals surface area (Å²) in [5.74, 6) is 0.719. The zero-order valence-corrected chi connectivity index (χ0v) is 14.8. The number of anilines is 2. The predicted octanol–water partition coefficient (Wildman–Crippen LogP) is 3.97. The summed E-state index contributed by atoms with van der Waals surface area (Å²) in [6.07, 6.45) is -4.50. The number of nitrogens with one attached hydrogen (secondary N) is 1. The van der Waals surface area contributed by atoms with E-state index in [-0.39, 0.29) is 11.4 Å². The van der Waals surface area contributed by atoms with Crippen molar-refractivity contribution in [1.29, 1.82) is 0 Å². The number of halogens is 3. The first-order valence-electron chi connectivity index (χ1n) is 8.08. The molecule has 2 aromatic heterocycles. The molecule has 0 fully saturated rings. The lowest BCUT2D eigenvalue weighted by Gasteiger charge is -2.19. The quantitative estimate of drug-likeness (QED) is 0.670. The first kappa shape index (κ1) is 18.7. The van der Waals surface area contributed by atoms with Crippen molar-refractivity contribution in [3.63, 3.8) is 0 Å². The summed E-state index contributed by atoms with van der Waals surface area (Å²) in [5.41, 5.74) is 5.35. The summed E-state index contributed by atoms with van der Waals surface area (Å²) in [6.45, 7) is 5.02. The van der Waals surface area contributed by atoms with Crippen molar-refractivity contribution in [2.75, 3.05) is 11.1 Å². The molecular formula is C18H17F3N4O2. The standard InChI is InChI=1S/C18H17F3N4O2/c1-8-4-14(26)27-17-15(8)16(24-10(3)25-17)23-9(2)11-5-12(18(19,20)21)7-13(22)6-11/h4-7,9H,22H2,1-3H3,(H,23,24,25)/t9-/m1/s1. The van der Waals surface area contributed by atoms with E-state index < -0.39 is 23.4 Å². The molecule has 0 radical (unpaired) electrons. The van der Waals surface area contributed by atoms with Crippen LogP contribution in [0.3, 0.4) is 0 Å². The average molecular weight is 378 g/mol. The Balaban J connectivity index is 2.06. The van der Waals surface area contributed by atoms with Crippen LogP contribution in [-0.2, 0) is 6.18 Å². The second-order valence-electron chi connectivity index (χ2n) is 6.30. The fourth-order valence-electron chi connectivity index (χ4n) is 2.83. The lowest BCUT2D eigenvalue weighted by atomic mass is 10.0. The van der Waals surface area contributed by atoms with Crippen LogP contribution in [0, 0.1) is 13.8 Å². The highest BCUT2D eigenvalue weighted by Crippen LogP contribution is 2.34. The molecule has 142 valence electrons. The van der Waals surface area contributed by atoms with Crippen LogP contribution in [0.2, 0.25) is 0 Å². The van der Waals surface area contributed by atoms with Gasteiger partial charge in [0, 0.05) is 11.8 Å². The first-order valence-corrected chi connectivity index (χ1v) is 8.08. The Labute approximate surface area is 152 Å². The Morgan fingerprint density at radius 1 is 1.15 bits per heavy atom. The molecular weight excluding hydrogens is 361 g/mol. The van der Waals surface area contributed by atoms with Crippen molar-refractivity contribution in [1.82, 2.24) is 9.97 Å². The Hall–Kier alpha value is -3.10. The third-order valence-corrected chi connectivity index (χ3v) is 4.07. The number of fused-ring (bicyclic) bond motifs is 1. The molecule has 0 spiro atoms. The summed E-state index contributed by atoms with van der Waals surface area (Å²) in [7, 11) is 0. The van der Waals surface area contributed by atoms with Crippen molar-refractivity contribution in [3.05, 3.63) is 57.2 Å². The molecule has 0 aliphatic heterocycles. The van der Waals surface area contributed by atoms with Gasteiger partial charge in [-0.25, -0.2) is 9.78 Å². The summed E-state index contributed by atoms with van der Waals surface area (Å²) < 4.78 is 44.3. The minimum Gasteiger partial charge on any atom is -0.403 e. The molecule has 0 saturated carbocycles. The van der Waals surface area contributed by atoms with Crippen molar-refractivity contribution in [2.24, 2.45) is 0 Å². The van der Waals surface area contributed by atoms with Crippen LogP contribution in [0.25, 0.3) is 11.1 Å². The SMILES string of the molecule is Cc1nc(N[C@H](C)c2cc(N)cc(C(F)(F)F)c2)c2c(C)cc(=O)oc2n1. The van der Waals surface area contributed by atoms with E-state index in [9.17, 15) is 18.0 Å². The second-order valence-corrected chi connectivity index (χ2v) is 6.30. The molecule has 27 heavy (non-hydrogen) atoms. The third-order valence-electron chi connectivity index (χ3n) is 4.07. The lowest BCUT2D eigenvalue weighted by Crippen LogP contribution is -2.13. The first-order chi connectivity index (χ1) is 12.5. The van der Waals surface area contributed by atoms with Gasteiger partial charge in [-0.05, 0) is 50.1 Å². The van der Waals surface area contributed by atoms with Gasteiger partial charge in [0.2, 0.25) is 5.71 Å². The van der Waals surface area contributed by atoms with E-state index in [1.165, 1.54) is 12.1 Å². The van der Waals surface area contributed by atoms with E-state index in [4.69, 9.17) is 10.2 Å². The molecule has 0 amide bonds. The van der Waals surface area contributed by atoms with Crippen LogP contribution < -0.4 is 16.7 Å². The van der Waals surface area contributed by atoms with Gasteiger partial charge in [-0.2, -0.15) is 18.2 Å². The Kier molecular flexibility index (Phi) is 4.54. The number of nitrogens with two attached hydrogens (primary N) is 1. The lowest BCUT2D eigenvalue weighted by molar-refractivity contribution is -0.137. The topological polar surface area (TPSA) is 94.0 Å². The Morgan fingerprint density at radius 3 is 2.52 bits per heavy atom. The average Bonchev–Trinajstić information content (AvgIpc) is 2.52. The molecule has 0 aliphatic rings. The zero-order chi connectivity index (χ0) is 19.9. The fourth-order valence-corrected chi connectivity index (χ4v) is 2.83. The number of benzene rings is 1. The molecule has 3 N–H and O–H groups in total. The Morgan fingerprint density at radius 2 is 1.85 bits per heavy atom. The number of hydrogen-bond acceptors (Lipinski definition) is 6. The molecule has 3 rings (SSSR count). The minimum atomic E-state index is -4.50. The minimum absolute atomic E-state index is 0.0133. The molecule has 0 saturated heterocycles. The monoisotopic (exact) mass is 378 g/mol. The van der Waals surface area contributed by atoms with E-state index >= 15 is 0 Å². The van der Waals surface area contributed by atoms with Crippen LogP contribution >= 0.6 is 0 Å². The molecule has 0 aliphatic carbocycles. The van der Waals surface area contributed by atoms with E-state index in [0.717, 1.165) is 12.1 Å². The highest BCUT2D eigenvalue weighted by Gasteiger charge is 2.31. The van der Waals surface area contributed by atoms with Crippen molar-refractivity contribution in [2.45, 2.75) is 33.0 Å². The zero-order valence-electron chi connectivity index (χ0n) is 14.8. The van der Waals surface area contributed by atoms with Gasteiger partial charge in [0.15, 0.2) is 0 Å². The maximum Gasteiger partial charge on any atom is 0.416 e. The van der Waals surface area contributed by atoms with Crippen LogP contribution in [0.4, 0.5) is 24.7 Å². The van der Waals surface area contributed by atoms with E-state index in [1.54, 1.807) is 20.8 Å². The number of aromatic nitrogens is 2. The fraction of sp³-hybridized carbons (Fsp3) is 0.278. The van der Waals surface area contributed by atoms with Gasteiger partial charge in [-0.3, -0.25) is 0 Å². The van der Waals surface area contributed by atoms with E-state index in [2.05, 4.69) is 15.3 Å². The smallest absolute Gasteiger partial charge is 0.403 e. The molecule has 0 bridgehead atoms. The maximum absolute atomic E-state index is 13.1. The van der Waals surface area contributed by atoms with Gasteiger partial charge >= 0.3 is 11.8 Å². The molecule has 6 nitrogen and oxygen atoms in total. The molecule has 2 heterocycles. The van der Waals surface area contributed by atoms with Crippen molar-refractivity contribution < 1.29 is 17.6 Å². The highest BCUT2D eigenvalue weighted by molar-refractivity contribution is 5.88. The molecule has 1 atom stereocenters. The van der Waals surface area contributed by atoms with E-state index in [1.807, 2.05) is 0 Å². The predicted molar refractivity (Wildman–Crippen MR) is 95.4 cm³/mol. The molecule has 3 aromatic rings. The number of rotatable bonds is 3. The normalized spacial score (nSPS) is 13.0. The van der Waals surface area contributed by atoms with Crippen molar-refractivity contribution >= 4 is 22.6 Å². The van der Waals surface area contributed by atoms with E-state index in [0.29, 0.717) is 28.2 Å². The van der Waals surface area contributed by atoms with Gasteiger partial charge in [0.05, 0.1) is 17.0 Å². The number of alkyl halides is 3. The number of nitrogens with zero attached hydrogens (tertiary/aromatic N) is 2. The van der Waals surface area contributed by atoms with Crippen molar-refractivity contribution in [3.8, 4) is 0 Å². The van der Waals surface area contributed by atoms with Crippen LogP contribution in [0.15, 0.2) is 33.5 Å². The third kappa shape index (κ3) is 3.86. The summed E-state index contributed by atoms with van der Waals surface area (Å²) in [5, 5.41) is 3.56. The van der Waals surface area contributed by atoms with Gasteiger partial charge in [0.25, 0.3) is 0 Å². The highest BCUT2D eigenvalue weighted by atomic mass is 19.4. The van der Waals surface area contributed by atoms with Gasteiger partial charge in [-0.15, -0.1) is 0 Å². The van der Waals surface area contributed by atoms with Crippen LogP contribution in [0.1, 0.15) is 35.5 Å². The number of aryl methyl sites for hydroxylation is 2. The summed E-state index contributed by atoms with van der Waals surface area (Å²) in [4.78, 5) is 20.0. The van der Waals surface area contributed by atoms with Gasteiger partial charge in [-0.1, -0.05) is 0 Å². The molecule has 9 heteroatoms. The second kappa shape index (κ2) is 6.57. The molecule has 1 aromatic carbocycles. The van der Waals surface area contributed by atoms with Crippen LogP contribution in [-0.4, -0.2) is 9.97 Å². The number of nitrogen functional groups attached to an aromatic ring is 1. The largest absolute Gasteiger partial charge is 0.416 e. The number of hydrogen-bond donors (Lipinski definition) is 2. The molecule has 0 unspecified atom stereocenters. The summed E-state index contributed by atoms with van der Waals surface area (Å²) in [6, 6.07) is 4.16. The van der Waals surface area contributed by atoms with Gasteiger partial charge < -0.3 is 15.5 Å². The summed E-state index contributed by atoms with van der Waals surface area (Å²) >= 11 is 0. The Bertz CT molecular complexity index is 1080.